The van der Waals surface area contributed by atoms with Crippen molar-refractivity contribution in [2.24, 2.45) is 0 Å². The van der Waals surface area contributed by atoms with Crippen molar-refractivity contribution in [1.29, 1.82) is 0 Å². The van der Waals surface area contributed by atoms with Gasteiger partial charge in [0.15, 0.2) is 0 Å². The number of nitrogens with zero attached hydrogens (tertiary/aromatic N) is 1. The van der Waals surface area contributed by atoms with Crippen LogP contribution in [0.2, 0.25) is 0 Å². The Bertz CT molecular complexity index is 641. The molecule has 0 radical (unpaired) electrons. The lowest BCUT2D eigenvalue weighted by atomic mass is 9.96. The van der Waals surface area contributed by atoms with Gasteiger partial charge in [-0.15, -0.1) is 0 Å². The van der Waals surface area contributed by atoms with Crippen LogP contribution in [0.4, 0.5) is 0 Å². The first-order valence-electron chi connectivity index (χ1n) is 8.83. The lowest BCUT2D eigenvalue weighted by Gasteiger charge is -2.37. The van der Waals surface area contributed by atoms with E-state index >= 15 is 0 Å². The highest BCUT2D eigenvalue weighted by Crippen LogP contribution is 2.21. The number of nitrogens with one attached hydrogen (secondary N) is 1. The summed E-state index contributed by atoms with van der Waals surface area (Å²) in [5.41, 5.74) is 2.53. The highest BCUT2D eigenvalue weighted by Gasteiger charge is 2.27. The lowest BCUT2D eigenvalue weighted by Crippen LogP contribution is -2.54. The monoisotopic (exact) mass is 322 g/mol. The third-order valence-corrected chi connectivity index (χ3v) is 4.83. The van der Waals surface area contributed by atoms with Crippen LogP contribution in [0, 0.1) is 0 Å². The van der Waals surface area contributed by atoms with Crippen molar-refractivity contribution < 1.29 is 4.79 Å². The molecular formula is C21H26N2O. The number of rotatable bonds is 5. The Kier molecular flexibility index (Phi) is 5.65. The average molecular weight is 322 g/mol. The van der Waals surface area contributed by atoms with Crippen LogP contribution in [-0.4, -0.2) is 36.5 Å². The average Bonchev–Trinajstić information content (AvgIpc) is 2.63. The summed E-state index contributed by atoms with van der Waals surface area (Å²) in [7, 11) is 0. The van der Waals surface area contributed by atoms with Gasteiger partial charge in [0, 0.05) is 32.1 Å². The highest BCUT2D eigenvalue weighted by molar-refractivity contribution is 5.77. The van der Waals surface area contributed by atoms with Crippen LogP contribution < -0.4 is 5.32 Å². The molecule has 126 valence electrons. The minimum absolute atomic E-state index is 0.247. The maximum Gasteiger partial charge on any atom is 0.223 e. The predicted octanol–water partition coefficient (Wildman–Crippen LogP) is 3.22. The van der Waals surface area contributed by atoms with Gasteiger partial charge in [0.1, 0.15) is 0 Å². The lowest BCUT2D eigenvalue weighted by molar-refractivity contribution is -0.134. The molecule has 0 bridgehead atoms. The number of hydrogen-bond acceptors (Lipinski definition) is 2. The van der Waals surface area contributed by atoms with Crippen LogP contribution in [-0.2, 0) is 11.2 Å². The first-order valence-corrected chi connectivity index (χ1v) is 8.83. The van der Waals surface area contributed by atoms with Crippen molar-refractivity contribution in [3.05, 3.63) is 71.8 Å². The summed E-state index contributed by atoms with van der Waals surface area (Å²) in [6.07, 6.45) is 1.49. The van der Waals surface area contributed by atoms with E-state index in [9.17, 15) is 4.79 Å². The molecule has 0 saturated carbocycles. The highest BCUT2D eigenvalue weighted by atomic mass is 16.2. The summed E-state index contributed by atoms with van der Waals surface area (Å²) in [6.45, 7) is 4.70. The van der Waals surface area contributed by atoms with Crippen LogP contribution in [0.5, 0.6) is 0 Å². The van der Waals surface area contributed by atoms with Crippen LogP contribution in [0.1, 0.15) is 30.4 Å². The van der Waals surface area contributed by atoms with E-state index < -0.39 is 0 Å². The van der Waals surface area contributed by atoms with Crippen LogP contribution >= 0.6 is 0 Å². The normalized spacial score (nSPS) is 19.0. The van der Waals surface area contributed by atoms with E-state index in [4.69, 9.17) is 0 Å². The molecule has 0 spiro atoms. The number of piperazine rings is 1. The number of benzene rings is 2. The molecule has 1 aliphatic heterocycles. The van der Waals surface area contributed by atoms with Crippen LogP contribution in [0.15, 0.2) is 60.7 Å². The summed E-state index contributed by atoms with van der Waals surface area (Å²) >= 11 is 0. The third kappa shape index (κ3) is 4.24. The molecule has 24 heavy (non-hydrogen) atoms. The Morgan fingerprint density at radius 2 is 1.79 bits per heavy atom. The molecule has 2 aromatic carbocycles. The zero-order valence-electron chi connectivity index (χ0n) is 14.3. The molecule has 3 rings (SSSR count). The predicted molar refractivity (Wildman–Crippen MR) is 98.0 cm³/mol. The van der Waals surface area contributed by atoms with Gasteiger partial charge in [-0.25, -0.2) is 0 Å². The molecule has 0 aromatic heterocycles. The molecule has 1 fully saturated rings. The maximum atomic E-state index is 12.9. The van der Waals surface area contributed by atoms with Crippen molar-refractivity contribution >= 4 is 5.91 Å². The molecular weight excluding hydrogens is 296 g/mol. The molecule has 0 unspecified atom stereocenters. The summed E-state index contributed by atoms with van der Waals surface area (Å²) < 4.78 is 0. The molecule has 3 nitrogen and oxygen atoms in total. The van der Waals surface area contributed by atoms with E-state index in [-0.39, 0.29) is 17.9 Å². The van der Waals surface area contributed by atoms with Crippen LogP contribution in [0.3, 0.4) is 0 Å². The fourth-order valence-corrected chi connectivity index (χ4v) is 3.44. The first-order chi connectivity index (χ1) is 11.7. The second-order valence-electron chi connectivity index (χ2n) is 6.65. The van der Waals surface area contributed by atoms with Crippen molar-refractivity contribution in [3.8, 4) is 0 Å². The van der Waals surface area contributed by atoms with Crippen LogP contribution in [0.25, 0.3) is 0 Å². The fourth-order valence-electron chi connectivity index (χ4n) is 3.44. The SMILES string of the molecule is C[C@H](CC(=O)N1CCNC[C@H]1Cc1ccccc1)c1ccccc1. The van der Waals surface area contributed by atoms with E-state index in [2.05, 4.69) is 53.5 Å². The summed E-state index contributed by atoms with van der Waals surface area (Å²) in [6, 6.07) is 21.0. The molecule has 3 heteroatoms. The topological polar surface area (TPSA) is 32.3 Å². The Morgan fingerprint density at radius 1 is 1.12 bits per heavy atom. The first kappa shape index (κ1) is 16.7. The molecule has 1 N–H and O–H groups in total. The van der Waals surface area contributed by atoms with E-state index in [1.165, 1.54) is 11.1 Å². The summed E-state index contributed by atoms with van der Waals surface area (Å²) in [5, 5.41) is 3.43. The van der Waals surface area contributed by atoms with Gasteiger partial charge >= 0.3 is 0 Å². The maximum absolute atomic E-state index is 12.9. The quantitative estimate of drug-likeness (QED) is 0.917. The Balaban J connectivity index is 1.65. The van der Waals surface area contributed by atoms with Gasteiger partial charge in [0.25, 0.3) is 0 Å². The molecule has 1 heterocycles. The fraction of sp³-hybridized carbons (Fsp3) is 0.381. The van der Waals surface area contributed by atoms with Crippen molar-refractivity contribution in [1.82, 2.24) is 10.2 Å². The molecule has 2 atom stereocenters. The number of carbonyl (C=O) groups is 1. The zero-order chi connectivity index (χ0) is 16.8. The Labute approximate surface area is 144 Å². The number of hydrogen-bond donors (Lipinski definition) is 1. The molecule has 1 aliphatic rings. The smallest absolute Gasteiger partial charge is 0.223 e. The van der Waals surface area contributed by atoms with Gasteiger partial charge in [0.2, 0.25) is 5.91 Å². The zero-order valence-corrected chi connectivity index (χ0v) is 14.3. The van der Waals surface area contributed by atoms with E-state index in [0.717, 1.165) is 26.1 Å². The second kappa shape index (κ2) is 8.11. The minimum atomic E-state index is 0.247. The van der Waals surface area contributed by atoms with Gasteiger partial charge in [-0.3, -0.25) is 4.79 Å². The van der Waals surface area contributed by atoms with Gasteiger partial charge < -0.3 is 10.2 Å². The number of amides is 1. The number of carbonyl (C=O) groups excluding carboxylic acids is 1. The van der Waals surface area contributed by atoms with E-state index in [0.29, 0.717) is 6.42 Å². The van der Waals surface area contributed by atoms with E-state index in [1.807, 2.05) is 24.3 Å². The van der Waals surface area contributed by atoms with Crippen molar-refractivity contribution in [2.45, 2.75) is 31.7 Å². The summed E-state index contributed by atoms with van der Waals surface area (Å²) in [5.74, 6) is 0.528. The second-order valence-corrected chi connectivity index (χ2v) is 6.65. The van der Waals surface area contributed by atoms with Crippen molar-refractivity contribution in [3.63, 3.8) is 0 Å². The summed E-state index contributed by atoms with van der Waals surface area (Å²) in [4.78, 5) is 15.0. The Morgan fingerprint density at radius 3 is 2.50 bits per heavy atom. The molecule has 0 aliphatic carbocycles. The van der Waals surface area contributed by atoms with Gasteiger partial charge in [0.05, 0.1) is 0 Å². The molecule has 1 saturated heterocycles. The molecule has 2 aromatic rings. The molecule has 1 amide bonds. The van der Waals surface area contributed by atoms with Crippen molar-refractivity contribution in [2.75, 3.05) is 19.6 Å². The standard InChI is InChI=1S/C21H26N2O/c1-17(19-10-6-3-7-11-19)14-21(24)23-13-12-22-16-20(23)15-18-8-4-2-5-9-18/h2-11,17,20,22H,12-16H2,1H3/t17-,20-/m1/s1. The van der Waals surface area contributed by atoms with Gasteiger partial charge in [-0.05, 0) is 23.5 Å². The minimum Gasteiger partial charge on any atom is -0.337 e. The van der Waals surface area contributed by atoms with Gasteiger partial charge in [-0.1, -0.05) is 67.6 Å². The van der Waals surface area contributed by atoms with Gasteiger partial charge in [-0.2, -0.15) is 0 Å². The Hall–Kier alpha value is -2.13. The van der Waals surface area contributed by atoms with E-state index in [1.54, 1.807) is 0 Å². The largest absolute Gasteiger partial charge is 0.337 e. The third-order valence-electron chi connectivity index (χ3n) is 4.83.